The summed E-state index contributed by atoms with van der Waals surface area (Å²) < 4.78 is 4.76. The molecule has 0 saturated carbocycles. The normalized spacial score (nSPS) is 11.2. The van der Waals surface area contributed by atoms with E-state index in [0.29, 0.717) is 11.8 Å². The van der Waals surface area contributed by atoms with Crippen LogP contribution in [0.2, 0.25) is 0 Å². The van der Waals surface area contributed by atoms with E-state index in [1.165, 1.54) is 0 Å². The summed E-state index contributed by atoms with van der Waals surface area (Å²) in [6.45, 7) is 12.0. The molecule has 2 nitrogen and oxygen atoms in total. The molecule has 0 rings (SSSR count). The molecule has 0 bridgehead atoms. The third kappa shape index (κ3) is 19.3. The maximum absolute atomic E-state index is 10.4. The van der Waals surface area contributed by atoms with E-state index in [1.54, 1.807) is 6.92 Å². The Morgan fingerprint density at radius 2 is 1.88 bits per heavy atom. The third-order valence-electron chi connectivity index (χ3n) is 1.36. The Balaban J connectivity index is 0. The van der Waals surface area contributed by atoms with Crippen LogP contribution in [0.4, 0.5) is 0 Å². The Bertz CT molecular complexity index is 202. The van der Waals surface area contributed by atoms with Crippen LogP contribution in [0.5, 0.6) is 0 Å². The first-order valence-corrected chi connectivity index (χ1v) is 6.78. The molecule has 0 unspecified atom stereocenters. The van der Waals surface area contributed by atoms with Crippen LogP contribution in [-0.2, 0) is 9.53 Å². The number of hydrogen-bond acceptors (Lipinski definition) is 2. The van der Waals surface area contributed by atoms with Crippen molar-refractivity contribution in [1.29, 1.82) is 0 Å². The fraction of sp³-hybridized carbons (Fsp3) is 0.769. The van der Waals surface area contributed by atoms with Crippen LogP contribution in [0.15, 0.2) is 12.2 Å². The third-order valence-corrected chi connectivity index (χ3v) is 1.74. The van der Waals surface area contributed by atoms with Crippen molar-refractivity contribution < 1.29 is 9.53 Å². The molecule has 0 atom stereocenters. The zero-order chi connectivity index (χ0) is 13.2. The molecule has 0 aromatic heterocycles. The minimum Gasteiger partial charge on any atom is -0.463 e. The van der Waals surface area contributed by atoms with Gasteiger partial charge in [0, 0.05) is 11.8 Å². The highest BCUT2D eigenvalue weighted by molar-refractivity contribution is 9.09. The highest BCUT2D eigenvalue weighted by atomic mass is 79.9. The topological polar surface area (TPSA) is 26.3 Å². The van der Waals surface area contributed by atoms with Gasteiger partial charge in [0.2, 0.25) is 0 Å². The van der Waals surface area contributed by atoms with Crippen LogP contribution >= 0.6 is 15.9 Å². The van der Waals surface area contributed by atoms with Crippen LogP contribution in [0.25, 0.3) is 0 Å². The molecular formula is C13H25BrO2. The molecule has 0 saturated heterocycles. The average Bonchev–Trinajstić information content (AvgIpc) is 2.13. The number of alkyl halides is 1. The number of halogens is 1. The lowest BCUT2D eigenvalue weighted by molar-refractivity contribution is -0.146. The van der Waals surface area contributed by atoms with Crippen LogP contribution in [0.3, 0.4) is 0 Å². The van der Waals surface area contributed by atoms with Gasteiger partial charge in [-0.3, -0.25) is 4.79 Å². The van der Waals surface area contributed by atoms with Gasteiger partial charge in [-0.25, -0.2) is 0 Å². The van der Waals surface area contributed by atoms with Crippen LogP contribution < -0.4 is 0 Å². The molecule has 0 radical (unpaired) electrons. The maximum Gasteiger partial charge on any atom is 0.305 e. The van der Waals surface area contributed by atoms with Crippen molar-refractivity contribution in [1.82, 2.24) is 0 Å². The summed E-state index contributed by atoms with van der Waals surface area (Å²) in [5, 5.41) is 0.963. The Morgan fingerprint density at radius 1 is 1.38 bits per heavy atom. The van der Waals surface area contributed by atoms with Gasteiger partial charge in [-0.2, -0.15) is 0 Å². The summed E-state index contributed by atoms with van der Waals surface area (Å²) in [7, 11) is 0. The van der Waals surface area contributed by atoms with Gasteiger partial charge in [-0.15, -0.1) is 0 Å². The Hall–Kier alpha value is -0.310. The van der Waals surface area contributed by atoms with Crippen molar-refractivity contribution in [2.45, 2.75) is 54.1 Å². The van der Waals surface area contributed by atoms with Crippen LogP contribution in [-0.4, -0.2) is 17.4 Å². The standard InChI is InChI=1S/C7H13Br.C6H12O2/c1-7(2,3)5-4-6-8;1-4-6(7)8-5(2)3/h4-5H,6H2,1-3H3;5H,4H2,1-3H3. The summed E-state index contributed by atoms with van der Waals surface area (Å²) in [4.78, 5) is 10.4. The fourth-order valence-corrected chi connectivity index (χ4v) is 0.931. The lowest BCUT2D eigenvalue weighted by Gasteiger charge is -2.09. The summed E-state index contributed by atoms with van der Waals surface area (Å²) in [6, 6.07) is 0. The molecule has 0 aliphatic heterocycles. The minimum atomic E-state index is -0.125. The van der Waals surface area contributed by atoms with Gasteiger partial charge in [-0.1, -0.05) is 55.8 Å². The van der Waals surface area contributed by atoms with Crippen molar-refractivity contribution in [2.75, 3.05) is 5.33 Å². The molecule has 0 aromatic rings. The fourth-order valence-electron chi connectivity index (χ4n) is 0.744. The second kappa shape index (κ2) is 9.88. The predicted molar refractivity (Wildman–Crippen MR) is 73.9 cm³/mol. The van der Waals surface area contributed by atoms with E-state index in [1.807, 2.05) is 13.8 Å². The van der Waals surface area contributed by atoms with E-state index < -0.39 is 0 Å². The molecule has 0 aliphatic rings. The van der Waals surface area contributed by atoms with Crippen molar-refractivity contribution in [2.24, 2.45) is 5.41 Å². The van der Waals surface area contributed by atoms with E-state index in [2.05, 4.69) is 48.9 Å². The summed E-state index contributed by atoms with van der Waals surface area (Å²) in [5.74, 6) is -0.125. The van der Waals surface area contributed by atoms with Crippen molar-refractivity contribution >= 4 is 21.9 Å². The van der Waals surface area contributed by atoms with Gasteiger partial charge in [0.1, 0.15) is 0 Å². The van der Waals surface area contributed by atoms with E-state index in [9.17, 15) is 4.79 Å². The number of rotatable bonds is 3. The van der Waals surface area contributed by atoms with E-state index in [4.69, 9.17) is 4.74 Å². The molecule has 0 aliphatic carbocycles. The second-order valence-corrected chi connectivity index (χ2v) is 5.46. The van der Waals surface area contributed by atoms with Crippen molar-refractivity contribution in [3.05, 3.63) is 12.2 Å². The molecule has 0 heterocycles. The number of carbonyl (C=O) groups is 1. The molecule has 0 fully saturated rings. The predicted octanol–water partition coefficient (Wildman–Crippen LogP) is 4.33. The molecule has 0 N–H and O–H groups in total. The first kappa shape index (κ1) is 18.1. The number of esters is 1. The van der Waals surface area contributed by atoms with Gasteiger partial charge < -0.3 is 4.74 Å². The smallest absolute Gasteiger partial charge is 0.305 e. The Labute approximate surface area is 109 Å². The zero-order valence-corrected chi connectivity index (χ0v) is 12.9. The van der Waals surface area contributed by atoms with E-state index in [0.717, 1.165) is 5.33 Å². The minimum absolute atomic E-state index is 0.0300. The van der Waals surface area contributed by atoms with E-state index in [-0.39, 0.29) is 12.1 Å². The highest BCUT2D eigenvalue weighted by Gasteiger charge is 2.01. The average molecular weight is 293 g/mol. The van der Waals surface area contributed by atoms with E-state index >= 15 is 0 Å². The number of carbonyl (C=O) groups excluding carboxylic acids is 1. The SMILES string of the molecule is CC(C)(C)C=CCBr.CCC(=O)OC(C)C. The summed E-state index contributed by atoms with van der Waals surface area (Å²) in [5.41, 5.74) is 0.341. The number of hydrogen-bond donors (Lipinski definition) is 0. The number of ether oxygens (including phenoxy) is 1. The van der Waals surface area contributed by atoms with Gasteiger partial charge in [0.25, 0.3) is 0 Å². The largest absolute Gasteiger partial charge is 0.463 e. The monoisotopic (exact) mass is 292 g/mol. The lowest BCUT2D eigenvalue weighted by atomic mass is 9.97. The maximum atomic E-state index is 10.4. The molecule has 16 heavy (non-hydrogen) atoms. The van der Waals surface area contributed by atoms with Gasteiger partial charge in [-0.05, 0) is 19.3 Å². The molecular weight excluding hydrogens is 268 g/mol. The number of allylic oxidation sites excluding steroid dienone is 2. The molecule has 96 valence electrons. The molecule has 3 heteroatoms. The summed E-state index contributed by atoms with van der Waals surface area (Å²) in [6.07, 6.45) is 4.82. The van der Waals surface area contributed by atoms with Crippen molar-refractivity contribution in [3.8, 4) is 0 Å². The molecule has 0 aromatic carbocycles. The Morgan fingerprint density at radius 3 is 2.00 bits per heavy atom. The van der Waals surface area contributed by atoms with Crippen LogP contribution in [0, 0.1) is 5.41 Å². The van der Waals surface area contributed by atoms with Gasteiger partial charge in [0.05, 0.1) is 6.10 Å². The van der Waals surface area contributed by atoms with Gasteiger partial charge in [0.15, 0.2) is 0 Å². The quantitative estimate of drug-likeness (QED) is 0.440. The highest BCUT2D eigenvalue weighted by Crippen LogP contribution is 2.14. The van der Waals surface area contributed by atoms with Crippen molar-refractivity contribution in [3.63, 3.8) is 0 Å². The molecule has 0 spiro atoms. The first-order chi connectivity index (χ1) is 7.22. The first-order valence-electron chi connectivity index (χ1n) is 5.66. The Kier molecular flexibility index (Phi) is 11.2. The lowest BCUT2D eigenvalue weighted by Crippen LogP contribution is -2.09. The summed E-state index contributed by atoms with van der Waals surface area (Å²) >= 11 is 3.32. The van der Waals surface area contributed by atoms with Crippen LogP contribution in [0.1, 0.15) is 48.0 Å². The second-order valence-electron chi connectivity index (χ2n) is 4.81. The van der Waals surface area contributed by atoms with Gasteiger partial charge >= 0.3 is 5.97 Å². The zero-order valence-electron chi connectivity index (χ0n) is 11.3. The molecule has 0 amide bonds.